The van der Waals surface area contributed by atoms with E-state index >= 15 is 0 Å². The summed E-state index contributed by atoms with van der Waals surface area (Å²) >= 11 is 3.83. The summed E-state index contributed by atoms with van der Waals surface area (Å²) in [5.41, 5.74) is 30.7. The lowest BCUT2D eigenvalue weighted by molar-refractivity contribution is 1.24. The van der Waals surface area contributed by atoms with Crippen molar-refractivity contribution in [2.45, 2.75) is 0 Å². The van der Waals surface area contributed by atoms with E-state index in [2.05, 4.69) is 144 Å². The standard InChI is InChI=1S/C34H36B16N2S2/c35-14-9(10-18(39)23(44)19(40)11-12-20(41)26(47)28(49)29(50)33(12)54-32(10)11)17(38)22(43)21(42)13(14)31-34-30(51-4-52-31)6-3-5(1-2-7(6)53-34)8-15(36)24(45)27(48)25(46)16(8)37/h1-4H,35-50H2. The first-order chi connectivity index (χ1) is 25.5. The van der Waals surface area contributed by atoms with Crippen molar-refractivity contribution in [2.24, 2.45) is 0 Å². The molecule has 5 aromatic carbocycles. The first-order valence-corrected chi connectivity index (χ1v) is 20.9. The minimum Gasteiger partial charge on any atom is -0.235 e. The van der Waals surface area contributed by atoms with Crippen molar-refractivity contribution in [3.8, 4) is 33.5 Å². The normalized spacial score (nSPS) is 11.8. The molecule has 0 aliphatic carbocycles. The summed E-state index contributed by atoms with van der Waals surface area (Å²) in [4.78, 5) is 10.1. The van der Waals surface area contributed by atoms with Gasteiger partial charge < -0.3 is 0 Å². The molecule has 242 valence electrons. The van der Waals surface area contributed by atoms with Crippen molar-refractivity contribution in [1.82, 2.24) is 9.97 Å². The summed E-state index contributed by atoms with van der Waals surface area (Å²) in [5, 5.41) is 4.09. The van der Waals surface area contributed by atoms with Crippen LogP contribution in [0.3, 0.4) is 0 Å². The van der Waals surface area contributed by atoms with Crippen molar-refractivity contribution in [2.75, 3.05) is 0 Å². The summed E-state index contributed by atoms with van der Waals surface area (Å²) in [6.07, 6.45) is 1.79. The molecule has 20 heteroatoms. The molecule has 0 aliphatic heterocycles. The fourth-order valence-electron chi connectivity index (χ4n) is 9.55. The molecular weight excluding hydrogens is 674 g/mol. The smallest absolute Gasteiger partial charge is 0.140 e. The van der Waals surface area contributed by atoms with Crippen LogP contribution < -0.4 is 87.4 Å². The van der Waals surface area contributed by atoms with Crippen LogP contribution in [-0.2, 0) is 0 Å². The highest BCUT2D eigenvalue weighted by atomic mass is 32.1. The van der Waals surface area contributed by atoms with Crippen LogP contribution in [0.5, 0.6) is 0 Å². The van der Waals surface area contributed by atoms with Gasteiger partial charge in [-0.1, -0.05) is 55.2 Å². The molecule has 0 atom stereocenters. The second-order valence-corrected chi connectivity index (χ2v) is 18.3. The van der Waals surface area contributed by atoms with Crippen LogP contribution in [-0.4, -0.2) is 136 Å². The Labute approximate surface area is 341 Å². The number of thiophene rings is 2. The Morgan fingerprint density at radius 3 is 1.50 bits per heavy atom. The summed E-state index contributed by atoms with van der Waals surface area (Å²) in [5.74, 6) is 0. The highest BCUT2D eigenvalue weighted by Crippen LogP contribution is 2.39. The van der Waals surface area contributed by atoms with E-state index in [1.54, 1.807) is 6.33 Å². The van der Waals surface area contributed by atoms with Gasteiger partial charge in [0, 0.05) is 19.5 Å². The fraction of sp³-hybridized carbons (Fsp3) is 0. The number of benzene rings is 5. The first kappa shape index (κ1) is 37.6. The molecule has 0 fully saturated rings. The lowest BCUT2D eigenvalue weighted by Crippen LogP contribution is -2.55. The third-order valence-electron chi connectivity index (χ3n) is 14.1. The molecule has 0 spiro atoms. The maximum atomic E-state index is 5.14. The minimum atomic E-state index is 1.04. The second-order valence-electron chi connectivity index (χ2n) is 16.2. The highest BCUT2D eigenvalue weighted by molar-refractivity contribution is 7.28. The molecule has 0 unspecified atom stereocenters. The molecule has 8 aromatic rings. The maximum Gasteiger partial charge on any atom is 0.140 e. The van der Waals surface area contributed by atoms with Crippen molar-refractivity contribution in [3.05, 3.63) is 24.5 Å². The highest BCUT2D eigenvalue weighted by Gasteiger charge is 2.26. The Bertz CT molecular complexity index is 3000. The molecule has 0 radical (unpaired) electrons. The van der Waals surface area contributed by atoms with Gasteiger partial charge in [-0.3, -0.25) is 0 Å². The van der Waals surface area contributed by atoms with Gasteiger partial charge in [0.2, 0.25) is 0 Å². The molecule has 0 N–H and O–H groups in total. The van der Waals surface area contributed by atoms with Gasteiger partial charge in [-0.2, -0.15) is 0 Å². The summed E-state index contributed by atoms with van der Waals surface area (Å²) in [6, 6.07) is 6.99. The van der Waals surface area contributed by atoms with Gasteiger partial charge in [0.05, 0.1) is 15.9 Å². The van der Waals surface area contributed by atoms with Gasteiger partial charge in [-0.25, -0.2) is 9.97 Å². The Hall–Kier alpha value is -3.34. The fourth-order valence-corrected chi connectivity index (χ4v) is 12.3. The van der Waals surface area contributed by atoms with E-state index in [0.29, 0.717) is 0 Å². The molecular formula is C34H36B16N2S2. The van der Waals surface area contributed by atoms with Crippen LogP contribution in [0.4, 0.5) is 0 Å². The van der Waals surface area contributed by atoms with Gasteiger partial charge in [0.25, 0.3) is 0 Å². The molecule has 0 saturated heterocycles. The number of nitrogens with zero attached hydrogens (tertiary/aromatic N) is 2. The minimum absolute atomic E-state index is 1.04. The van der Waals surface area contributed by atoms with Gasteiger partial charge in [-0.15, -0.1) is 60.9 Å². The average Bonchev–Trinajstić information content (AvgIpc) is 3.74. The monoisotopic (exact) mass is 712 g/mol. The third-order valence-corrected chi connectivity index (χ3v) is 16.6. The summed E-state index contributed by atoms with van der Waals surface area (Å²) in [7, 11) is 36.8. The van der Waals surface area contributed by atoms with Crippen LogP contribution in [0.2, 0.25) is 0 Å². The van der Waals surface area contributed by atoms with Crippen LogP contribution in [0.1, 0.15) is 0 Å². The zero-order valence-corrected chi connectivity index (χ0v) is 36.7. The van der Waals surface area contributed by atoms with Crippen molar-refractivity contribution >= 4 is 276 Å². The lowest BCUT2D eigenvalue weighted by Gasteiger charge is -2.25. The SMILES string of the molecule is Bc1c(B)c(B)c(-c2ccc3sc4c(-c5c(B)c(B)c(B)c(-c6c(B)c(B)c(B)c7c6sc6c(B)c(B)c(B)c(B)c67)c5B)ncnc4c3c2)c(B)c1B. The van der Waals surface area contributed by atoms with Gasteiger partial charge in [-0.05, 0) is 50.7 Å². The Kier molecular flexibility index (Phi) is 9.13. The predicted octanol–water partition coefficient (Wildman–Crippen LogP) is -17.7. The van der Waals surface area contributed by atoms with Gasteiger partial charge >= 0.3 is 0 Å². The van der Waals surface area contributed by atoms with Gasteiger partial charge in [0.1, 0.15) is 132 Å². The molecule has 0 aliphatic rings. The Balaban J connectivity index is 1.43. The number of hydrogen-bond donors (Lipinski definition) is 0. The average molecular weight is 710 g/mol. The molecule has 0 amide bonds. The van der Waals surface area contributed by atoms with E-state index in [1.165, 1.54) is 145 Å². The third kappa shape index (κ3) is 5.07. The molecule has 3 heterocycles. The van der Waals surface area contributed by atoms with E-state index in [1.807, 2.05) is 22.7 Å². The van der Waals surface area contributed by atoms with Crippen LogP contribution in [0.25, 0.3) is 74.0 Å². The molecule has 2 nitrogen and oxygen atoms in total. The lowest BCUT2D eigenvalue weighted by atomic mass is 9.59. The van der Waals surface area contributed by atoms with Crippen molar-refractivity contribution in [3.63, 3.8) is 0 Å². The maximum absolute atomic E-state index is 5.14. The first-order valence-electron chi connectivity index (χ1n) is 19.3. The van der Waals surface area contributed by atoms with Crippen molar-refractivity contribution in [1.29, 1.82) is 0 Å². The van der Waals surface area contributed by atoms with Crippen LogP contribution in [0.15, 0.2) is 24.5 Å². The summed E-state index contributed by atoms with van der Waals surface area (Å²) in [6.45, 7) is 0. The molecule has 8 rings (SSSR count). The van der Waals surface area contributed by atoms with E-state index in [4.69, 9.17) is 9.97 Å². The molecule has 0 saturated carbocycles. The second kappa shape index (κ2) is 13.1. The van der Waals surface area contributed by atoms with E-state index < -0.39 is 0 Å². The molecule has 54 heavy (non-hydrogen) atoms. The topological polar surface area (TPSA) is 25.8 Å². The largest absolute Gasteiger partial charge is 0.235 e. The molecule has 0 bridgehead atoms. The van der Waals surface area contributed by atoms with Crippen LogP contribution >= 0.6 is 22.7 Å². The molecule has 3 aromatic heterocycles. The Morgan fingerprint density at radius 2 is 0.852 bits per heavy atom. The van der Waals surface area contributed by atoms with Crippen molar-refractivity contribution < 1.29 is 0 Å². The van der Waals surface area contributed by atoms with Gasteiger partial charge in [0.15, 0.2) is 0 Å². The predicted molar refractivity (Wildman–Crippen MR) is 295 cm³/mol. The Morgan fingerprint density at radius 1 is 0.370 bits per heavy atom. The van der Waals surface area contributed by atoms with E-state index in [0.717, 1.165) is 15.9 Å². The number of aromatic nitrogens is 2. The van der Waals surface area contributed by atoms with Crippen LogP contribution in [0, 0.1) is 0 Å². The quantitative estimate of drug-likeness (QED) is 0.171. The number of fused-ring (bicyclic) bond motifs is 6. The summed E-state index contributed by atoms with van der Waals surface area (Å²) < 4.78 is 5.26. The zero-order valence-electron chi connectivity index (χ0n) is 35.0. The van der Waals surface area contributed by atoms with E-state index in [9.17, 15) is 0 Å². The number of rotatable bonds is 3. The number of hydrogen-bond acceptors (Lipinski definition) is 4. The zero-order chi connectivity index (χ0) is 39.0. The van der Waals surface area contributed by atoms with E-state index in [-0.39, 0.29) is 0 Å².